The average Bonchev–Trinajstić information content (AvgIpc) is 2.81. The predicted molar refractivity (Wildman–Crippen MR) is 68.7 cm³/mol. The first kappa shape index (κ1) is 13.0. The van der Waals surface area contributed by atoms with Gasteiger partial charge in [-0.1, -0.05) is 12.1 Å². The van der Waals surface area contributed by atoms with Gasteiger partial charge >= 0.3 is 0 Å². The zero-order chi connectivity index (χ0) is 13.0. The molecular weight excluding hydrogens is 231 g/mol. The lowest BCUT2D eigenvalue weighted by molar-refractivity contribution is -0.121. The Morgan fingerprint density at radius 1 is 1.61 bits per heavy atom. The lowest BCUT2D eigenvalue weighted by Gasteiger charge is -2.19. The van der Waals surface area contributed by atoms with Crippen molar-refractivity contribution in [1.29, 1.82) is 0 Å². The molecular formula is C14H19FN2O. The summed E-state index contributed by atoms with van der Waals surface area (Å²) < 4.78 is 13.0. The molecule has 1 saturated heterocycles. The van der Waals surface area contributed by atoms with E-state index in [1.54, 1.807) is 12.1 Å². The molecule has 2 N–H and O–H groups in total. The highest BCUT2D eigenvalue weighted by atomic mass is 19.1. The fourth-order valence-corrected chi connectivity index (χ4v) is 2.36. The quantitative estimate of drug-likeness (QED) is 0.850. The molecule has 1 aliphatic heterocycles. The van der Waals surface area contributed by atoms with E-state index in [1.807, 2.05) is 6.92 Å². The van der Waals surface area contributed by atoms with Crippen LogP contribution in [-0.4, -0.2) is 25.0 Å². The topological polar surface area (TPSA) is 41.1 Å². The van der Waals surface area contributed by atoms with E-state index < -0.39 is 0 Å². The molecule has 2 rings (SSSR count). The second-order valence-corrected chi connectivity index (χ2v) is 4.92. The van der Waals surface area contributed by atoms with Gasteiger partial charge in [0.15, 0.2) is 0 Å². The van der Waals surface area contributed by atoms with E-state index in [0.717, 1.165) is 19.5 Å². The number of hydrogen-bond donors (Lipinski definition) is 2. The van der Waals surface area contributed by atoms with Gasteiger partial charge in [0.05, 0.1) is 6.42 Å². The number of halogens is 1. The summed E-state index contributed by atoms with van der Waals surface area (Å²) in [6.07, 6.45) is 1.34. The normalized spacial score (nSPS) is 20.7. The molecule has 2 atom stereocenters. The number of carbonyl (C=O) groups is 1. The van der Waals surface area contributed by atoms with E-state index in [1.165, 1.54) is 12.1 Å². The van der Waals surface area contributed by atoms with Gasteiger partial charge in [0, 0.05) is 6.04 Å². The highest BCUT2D eigenvalue weighted by molar-refractivity contribution is 5.78. The minimum absolute atomic E-state index is 0.0417. The second-order valence-electron chi connectivity index (χ2n) is 4.92. The fraction of sp³-hybridized carbons (Fsp3) is 0.500. The van der Waals surface area contributed by atoms with Gasteiger partial charge in [-0.05, 0) is 50.0 Å². The van der Waals surface area contributed by atoms with Crippen molar-refractivity contribution in [3.63, 3.8) is 0 Å². The maximum absolute atomic E-state index is 13.0. The molecule has 0 saturated carbocycles. The Hall–Kier alpha value is -1.42. The summed E-state index contributed by atoms with van der Waals surface area (Å²) in [4.78, 5) is 11.8. The minimum atomic E-state index is -0.298. The van der Waals surface area contributed by atoms with Gasteiger partial charge in [0.2, 0.25) is 5.91 Å². The maximum atomic E-state index is 13.0. The number of rotatable bonds is 4. The van der Waals surface area contributed by atoms with Crippen LogP contribution in [0.15, 0.2) is 24.3 Å². The first-order chi connectivity index (χ1) is 8.65. The number of nitrogens with one attached hydrogen (secondary N) is 2. The average molecular weight is 250 g/mol. The number of benzene rings is 1. The van der Waals surface area contributed by atoms with Crippen molar-refractivity contribution in [2.45, 2.75) is 25.8 Å². The van der Waals surface area contributed by atoms with E-state index >= 15 is 0 Å². The smallest absolute Gasteiger partial charge is 0.224 e. The molecule has 4 heteroatoms. The molecule has 3 nitrogen and oxygen atoms in total. The lowest BCUT2D eigenvalue weighted by atomic mass is 10.0. The molecule has 98 valence electrons. The molecule has 1 aliphatic rings. The van der Waals surface area contributed by atoms with Crippen molar-refractivity contribution in [3.05, 3.63) is 35.6 Å². The minimum Gasteiger partial charge on any atom is -0.353 e. The van der Waals surface area contributed by atoms with Crippen LogP contribution in [0.25, 0.3) is 0 Å². The van der Waals surface area contributed by atoms with Crippen LogP contribution in [0.5, 0.6) is 0 Å². The summed E-state index contributed by atoms with van der Waals surface area (Å²) in [5, 5.41) is 6.27. The summed E-state index contributed by atoms with van der Waals surface area (Å²) in [6, 6.07) is 6.35. The van der Waals surface area contributed by atoms with Gasteiger partial charge in [0.1, 0.15) is 5.82 Å². The molecule has 1 fully saturated rings. The van der Waals surface area contributed by atoms with Crippen LogP contribution < -0.4 is 10.6 Å². The van der Waals surface area contributed by atoms with Crippen LogP contribution in [0.1, 0.15) is 18.9 Å². The van der Waals surface area contributed by atoms with Crippen molar-refractivity contribution >= 4 is 5.91 Å². The Morgan fingerprint density at radius 3 is 3.11 bits per heavy atom. The van der Waals surface area contributed by atoms with Crippen molar-refractivity contribution in [3.8, 4) is 0 Å². The van der Waals surface area contributed by atoms with Crippen molar-refractivity contribution in [2.24, 2.45) is 5.92 Å². The van der Waals surface area contributed by atoms with Crippen molar-refractivity contribution < 1.29 is 9.18 Å². The van der Waals surface area contributed by atoms with Crippen LogP contribution in [0.3, 0.4) is 0 Å². The van der Waals surface area contributed by atoms with E-state index in [0.29, 0.717) is 11.5 Å². The Bertz CT molecular complexity index is 416. The molecule has 0 bridgehead atoms. The molecule has 0 aromatic heterocycles. The standard InChI is InChI=1S/C14H19FN2O/c1-10(12-5-6-16-9-12)17-14(18)8-11-3-2-4-13(15)7-11/h2-4,7,10,12,16H,5-6,8-9H2,1H3,(H,17,18). The highest BCUT2D eigenvalue weighted by Crippen LogP contribution is 2.12. The van der Waals surface area contributed by atoms with Crippen LogP contribution in [0, 0.1) is 11.7 Å². The molecule has 0 aliphatic carbocycles. The molecule has 1 amide bonds. The van der Waals surface area contributed by atoms with E-state index in [9.17, 15) is 9.18 Å². The zero-order valence-corrected chi connectivity index (χ0v) is 10.6. The molecule has 1 heterocycles. The summed E-state index contributed by atoms with van der Waals surface area (Å²) in [6.45, 7) is 4.01. The largest absolute Gasteiger partial charge is 0.353 e. The molecule has 0 radical (unpaired) electrons. The summed E-state index contributed by atoms with van der Waals surface area (Å²) in [7, 11) is 0. The van der Waals surface area contributed by atoms with Crippen LogP contribution >= 0.6 is 0 Å². The predicted octanol–water partition coefficient (Wildman–Crippen LogP) is 1.48. The van der Waals surface area contributed by atoms with Crippen LogP contribution in [0.2, 0.25) is 0 Å². The van der Waals surface area contributed by atoms with Gasteiger partial charge in [-0.2, -0.15) is 0 Å². The SMILES string of the molecule is CC(NC(=O)Cc1cccc(F)c1)C1CCNC1. The first-order valence-corrected chi connectivity index (χ1v) is 6.39. The third-order valence-corrected chi connectivity index (χ3v) is 3.45. The van der Waals surface area contributed by atoms with Crippen LogP contribution in [0.4, 0.5) is 4.39 Å². The summed E-state index contributed by atoms with van der Waals surface area (Å²) >= 11 is 0. The van der Waals surface area contributed by atoms with E-state index in [2.05, 4.69) is 10.6 Å². The Kier molecular flexibility index (Phi) is 4.31. The van der Waals surface area contributed by atoms with Gasteiger partial charge in [0.25, 0.3) is 0 Å². The highest BCUT2D eigenvalue weighted by Gasteiger charge is 2.22. The Morgan fingerprint density at radius 2 is 2.44 bits per heavy atom. The molecule has 1 aromatic carbocycles. The van der Waals surface area contributed by atoms with E-state index in [-0.39, 0.29) is 24.2 Å². The fourth-order valence-electron chi connectivity index (χ4n) is 2.36. The third-order valence-electron chi connectivity index (χ3n) is 3.45. The Balaban J connectivity index is 1.84. The van der Waals surface area contributed by atoms with Gasteiger partial charge in [-0.3, -0.25) is 4.79 Å². The van der Waals surface area contributed by atoms with Crippen molar-refractivity contribution in [2.75, 3.05) is 13.1 Å². The Labute approximate surface area is 107 Å². The van der Waals surface area contributed by atoms with Gasteiger partial charge in [-0.15, -0.1) is 0 Å². The van der Waals surface area contributed by atoms with Gasteiger partial charge < -0.3 is 10.6 Å². The molecule has 0 spiro atoms. The molecule has 2 unspecified atom stereocenters. The first-order valence-electron chi connectivity index (χ1n) is 6.39. The summed E-state index contributed by atoms with van der Waals surface area (Å²) in [5.74, 6) is 0.162. The zero-order valence-electron chi connectivity index (χ0n) is 10.6. The maximum Gasteiger partial charge on any atom is 0.224 e. The second kappa shape index (κ2) is 5.96. The number of carbonyl (C=O) groups excluding carboxylic acids is 1. The number of amides is 1. The van der Waals surface area contributed by atoms with Crippen LogP contribution in [-0.2, 0) is 11.2 Å². The number of hydrogen-bond acceptors (Lipinski definition) is 2. The third kappa shape index (κ3) is 3.53. The monoisotopic (exact) mass is 250 g/mol. The van der Waals surface area contributed by atoms with Crippen molar-refractivity contribution in [1.82, 2.24) is 10.6 Å². The molecule has 1 aromatic rings. The molecule has 18 heavy (non-hydrogen) atoms. The summed E-state index contributed by atoms with van der Waals surface area (Å²) in [5.41, 5.74) is 0.712. The van der Waals surface area contributed by atoms with E-state index in [4.69, 9.17) is 0 Å². The lowest BCUT2D eigenvalue weighted by Crippen LogP contribution is -2.39. The van der Waals surface area contributed by atoms with Gasteiger partial charge in [-0.25, -0.2) is 4.39 Å².